The maximum atomic E-state index is 12.8. The van der Waals surface area contributed by atoms with E-state index in [2.05, 4.69) is 43.4 Å². The van der Waals surface area contributed by atoms with Gasteiger partial charge in [-0.25, -0.2) is 4.39 Å². The fourth-order valence-corrected chi connectivity index (χ4v) is 1.73. The summed E-state index contributed by atoms with van der Waals surface area (Å²) in [5.41, 5.74) is 3.39. The first-order chi connectivity index (χ1) is 8.15. The van der Waals surface area contributed by atoms with Gasteiger partial charge in [-0.2, -0.15) is 0 Å². The van der Waals surface area contributed by atoms with Crippen molar-refractivity contribution in [1.29, 1.82) is 0 Å². The molecule has 2 aromatic carbocycles. The lowest BCUT2D eigenvalue weighted by atomic mass is 10.1. The zero-order chi connectivity index (χ0) is 12.3. The molecule has 0 fully saturated rings. The Hall–Kier alpha value is -1.83. The number of anilines is 1. The first-order valence-electron chi connectivity index (χ1n) is 5.74. The minimum absolute atomic E-state index is 0.165. The standard InChI is InChI=1S/C15H16FN/c1-11-3-9-15(10-4-11)17-12(2)13-5-7-14(16)8-6-13/h3-10,12,17H,1-2H3. The molecule has 0 spiro atoms. The Kier molecular flexibility index (Phi) is 3.43. The number of hydrogen-bond donors (Lipinski definition) is 1. The van der Waals surface area contributed by atoms with E-state index in [0.29, 0.717) is 0 Å². The molecule has 2 heteroatoms. The van der Waals surface area contributed by atoms with E-state index in [9.17, 15) is 4.39 Å². The summed E-state index contributed by atoms with van der Waals surface area (Å²) in [5, 5.41) is 3.38. The second kappa shape index (κ2) is 5.00. The van der Waals surface area contributed by atoms with Gasteiger partial charge in [0.25, 0.3) is 0 Å². The summed E-state index contributed by atoms with van der Waals surface area (Å²) in [5.74, 6) is -0.198. The Labute approximate surface area is 101 Å². The molecule has 2 aromatic rings. The predicted molar refractivity (Wildman–Crippen MR) is 69.6 cm³/mol. The van der Waals surface area contributed by atoms with Gasteiger partial charge in [-0.05, 0) is 43.7 Å². The van der Waals surface area contributed by atoms with Crippen LogP contribution in [0.4, 0.5) is 10.1 Å². The molecule has 0 saturated carbocycles. The molecule has 0 aromatic heterocycles. The van der Waals surface area contributed by atoms with Gasteiger partial charge in [0, 0.05) is 11.7 Å². The smallest absolute Gasteiger partial charge is 0.123 e. The largest absolute Gasteiger partial charge is 0.379 e. The first kappa shape index (κ1) is 11.6. The van der Waals surface area contributed by atoms with Crippen LogP contribution in [0.2, 0.25) is 0 Å². The van der Waals surface area contributed by atoms with Crippen LogP contribution < -0.4 is 5.32 Å². The van der Waals surface area contributed by atoms with Crippen molar-refractivity contribution < 1.29 is 4.39 Å². The third-order valence-electron chi connectivity index (χ3n) is 2.80. The monoisotopic (exact) mass is 229 g/mol. The number of benzene rings is 2. The van der Waals surface area contributed by atoms with Gasteiger partial charge >= 0.3 is 0 Å². The van der Waals surface area contributed by atoms with Crippen LogP contribution in [0.3, 0.4) is 0 Å². The van der Waals surface area contributed by atoms with Gasteiger partial charge in [-0.15, -0.1) is 0 Å². The van der Waals surface area contributed by atoms with E-state index in [1.807, 2.05) is 0 Å². The Morgan fingerprint density at radius 1 is 0.941 bits per heavy atom. The molecule has 1 nitrogen and oxygen atoms in total. The maximum Gasteiger partial charge on any atom is 0.123 e. The van der Waals surface area contributed by atoms with Crippen LogP contribution >= 0.6 is 0 Å². The Bertz CT molecular complexity index is 473. The van der Waals surface area contributed by atoms with Crippen LogP contribution in [-0.4, -0.2) is 0 Å². The highest BCUT2D eigenvalue weighted by atomic mass is 19.1. The van der Waals surface area contributed by atoms with Crippen molar-refractivity contribution >= 4 is 5.69 Å². The molecule has 0 bridgehead atoms. The van der Waals surface area contributed by atoms with Crippen molar-refractivity contribution in [3.63, 3.8) is 0 Å². The fraction of sp³-hybridized carbons (Fsp3) is 0.200. The number of aryl methyl sites for hydroxylation is 1. The Morgan fingerprint density at radius 3 is 2.12 bits per heavy atom. The number of hydrogen-bond acceptors (Lipinski definition) is 1. The molecule has 88 valence electrons. The lowest BCUT2D eigenvalue weighted by molar-refractivity contribution is 0.626. The average Bonchev–Trinajstić information content (AvgIpc) is 2.33. The van der Waals surface area contributed by atoms with E-state index >= 15 is 0 Å². The van der Waals surface area contributed by atoms with Crippen LogP contribution in [-0.2, 0) is 0 Å². The minimum atomic E-state index is -0.198. The molecular weight excluding hydrogens is 213 g/mol. The van der Waals surface area contributed by atoms with Gasteiger partial charge in [0.1, 0.15) is 5.82 Å². The van der Waals surface area contributed by atoms with Crippen molar-refractivity contribution in [1.82, 2.24) is 0 Å². The van der Waals surface area contributed by atoms with Crippen LogP contribution in [0.1, 0.15) is 24.1 Å². The maximum absolute atomic E-state index is 12.8. The summed E-state index contributed by atoms with van der Waals surface area (Å²) in [6.45, 7) is 4.13. The SMILES string of the molecule is Cc1ccc(NC(C)c2ccc(F)cc2)cc1. The van der Waals surface area contributed by atoms with Gasteiger partial charge in [0.15, 0.2) is 0 Å². The molecule has 1 N–H and O–H groups in total. The van der Waals surface area contributed by atoms with E-state index in [4.69, 9.17) is 0 Å². The van der Waals surface area contributed by atoms with Crippen LogP contribution in [0.25, 0.3) is 0 Å². The highest BCUT2D eigenvalue weighted by molar-refractivity contribution is 5.46. The molecule has 2 rings (SSSR count). The van der Waals surface area contributed by atoms with Crippen molar-refractivity contribution in [2.24, 2.45) is 0 Å². The van der Waals surface area contributed by atoms with Crippen LogP contribution in [0.5, 0.6) is 0 Å². The highest BCUT2D eigenvalue weighted by Crippen LogP contribution is 2.19. The third-order valence-corrected chi connectivity index (χ3v) is 2.80. The number of nitrogens with one attached hydrogen (secondary N) is 1. The second-order valence-electron chi connectivity index (χ2n) is 4.28. The molecular formula is C15H16FN. The topological polar surface area (TPSA) is 12.0 Å². The molecule has 0 radical (unpaired) electrons. The highest BCUT2D eigenvalue weighted by Gasteiger charge is 2.04. The molecule has 0 amide bonds. The summed E-state index contributed by atoms with van der Waals surface area (Å²) < 4.78 is 12.8. The van der Waals surface area contributed by atoms with Crippen LogP contribution in [0, 0.1) is 12.7 Å². The van der Waals surface area contributed by atoms with E-state index < -0.39 is 0 Å². The van der Waals surface area contributed by atoms with Crippen molar-refractivity contribution in [3.05, 3.63) is 65.5 Å². The average molecular weight is 229 g/mol. The van der Waals surface area contributed by atoms with Gasteiger partial charge < -0.3 is 5.32 Å². The van der Waals surface area contributed by atoms with Gasteiger partial charge in [-0.3, -0.25) is 0 Å². The van der Waals surface area contributed by atoms with Gasteiger partial charge in [0.2, 0.25) is 0 Å². The third kappa shape index (κ3) is 3.06. The molecule has 0 saturated heterocycles. The predicted octanol–water partition coefficient (Wildman–Crippen LogP) is 4.31. The summed E-state index contributed by atoms with van der Waals surface area (Å²) in [6, 6.07) is 15.0. The summed E-state index contributed by atoms with van der Waals surface area (Å²) in [6.07, 6.45) is 0. The van der Waals surface area contributed by atoms with E-state index in [1.165, 1.54) is 17.7 Å². The van der Waals surface area contributed by atoms with Crippen LogP contribution in [0.15, 0.2) is 48.5 Å². The summed E-state index contributed by atoms with van der Waals surface area (Å²) in [4.78, 5) is 0. The molecule has 0 aliphatic carbocycles. The zero-order valence-corrected chi connectivity index (χ0v) is 10.1. The zero-order valence-electron chi connectivity index (χ0n) is 10.1. The molecule has 0 aliphatic heterocycles. The minimum Gasteiger partial charge on any atom is -0.379 e. The number of rotatable bonds is 3. The lowest BCUT2D eigenvalue weighted by Gasteiger charge is -2.15. The molecule has 1 atom stereocenters. The van der Waals surface area contributed by atoms with E-state index in [1.54, 1.807) is 12.1 Å². The Morgan fingerprint density at radius 2 is 1.53 bits per heavy atom. The molecule has 1 unspecified atom stereocenters. The normalized spacial score (nSPS) is 12.2. The van der Waals surface area contributed by atoms with Gasteiger partial charge in [-0.1, -0.05) is 29.8 Å². The second-order valence-corrected chi connectivity index (χ2v) is 4.28. The summed E-state index contributed by atoms with van der Waals surface area (Å²) in [7, 11) is 0. The first-order valence-corrected chi connectivity index (χ1v) is 5.74. The van der Waals surface area contributed by atoms with Gasteiger partial charge in [0.05, 0.1) is 0 Å². The number of halogens is 1. The van der Waals surface area contributed by atoms with E-state index in [-0.39, 0.29) is 11.9 Å². The van der Waals surface area contributed by atoms with Crippen molar-refractivity contribution in [2.75, 3.05) is 5.32 Å². The fourth-order valence-electron chi connectivity index (χ4n) is 1.73. The van der Waals surface area contributed by atoms with Crippen molar-refractivity contribution in [2.45, 2.75) is 19.9 Å². The Balaban J connectivity index is 2.08. The molecule has 0 aliphatic rings. The quantitative estimate of drug-likeness (QED) is 0.827. The molecule has 17 heavy (non-hydrogen) atoms. The van der Waals surface area contributed by atoms with E-state index in [0.717, 1.165) is 11.3 Å². The lowest BCUT2D eigenvalue weighted by Crippen LogP contribution is -2.06. The summed E-state index contributed by atoms with van der Waals surface area (Å²) >= 11 is 0. The molecule has 0 heterocycles. The van der Waals surface area contributed by atoms with Crippen molar-refractivity contribution in [3.8, 4) is 0 Å².